The fourth-order valence-corrected chi connectivity index (χ4v) is 4.18. The average molecular weight is 260 g/mol. The first kappa shape index (κ1) is 11.0. The van der Waals surface area contributed by atoms with Gasteiger partial charge in [0, 0.05) is 11.5 Å². The fourth-order valence-electron chi connectivity index (χ4n) is 4.18. The number of cyclic esters (lactones) is 2. The molecule has 0 N–H and O–H groups in total. The third-order valence-corrected chi connectivity index (χ3v) is 4.94. The summed E-state index contributed by atoms with van der Waals surface area (Å²) in [7, 11) is 1.35. The predicted octanol–water partition coefficient (Wildman–Crippen LogP) is 0.463. The van der Waals surface area contributed by atoms with E-state index in [9.17, 15) is 14.4 Å². The van der Waals surface area contributed by atoms with Gasteiger partial charge in [-0.2, -0.15) is 0 Å². The molecule has 0 spiro atoms. The van der Waals surface area contributed by atoms with Crippen LogP contribution in [-0.4, -0.2) is 25.0 Å². The standard InChI is InChI=1S/C14H12O5/c1-18-12(15)8-4-7-5-2-3-6(9(7)8)11-10(5)13(16)19-14(11)17/h2-7,9-11H,1H3/t5-,6-,7+,9-,10+,11+/m0/s1. The highest BCUT2D eigenvalue weighted by Gasteiger charge is 2.64. The van der Waals surface area contributed by atoms with Crippen molar-refractivity contribution < 1.29 is 23.9 Å². The Morgan fingerprint density at radius 2 is 1.68 bits per heavy atom. The Labute approximate surface area is 109 Å². The molecule has 2 fully saturated rings. The van der Waals surface area contributed by atoms with E-state index in [1.807, 2.05) is 18.2 Å². The van der Waals surface area contributed by atoms with Crippen molar-refractivity contribution in [2.45, 2.75) is 0 Å². The molecule has 1 saturated carbocycles. The molecule has 2 bridgehead atoms. The van der Waals surface area contributed by atoms with Gasteiger partial charge in [0.05, 0.1) is 18.9 Å². The summed E-state index contributed by atoms with van der Waals surface area (Å²) in [6.07, 6.45) is 5.84. The fraction of sp³-hybridized carbons (Fsp3) is 0.500. The number of carbonyl (C=O) groups is 3. The van der Waals surface area contributed by atoms with Crippen molar-refractivity contribution in [1.82, 2.24) is 0 Å². The number of hydrogen-bond donors (Lipinski definition) is 0. The molecule has 0 amide bonds. The first-order valence-electron chi connectivity index (χ1n) is 6.37. The summed E-state index contributed by atoms with van der Waals surface area (Å²) in [6, 6.07) is 0. The van der Waals surface area contributed by atoms with Crippen LogP contribution in [0.4, 0.5) is 0 Å². The zero-order valence-electron chi connectivity index (χ0n) is 10.2. The van der Waals surface area contributed by atoms with Gasteiger partial charge in [0.15, 0.2) is 0 Å². The summed E-state index contributed by atoms with van der Waals surface area (Å²) in [4.78, 5) is 35.3. The summed E-state index contributed by atoms with van der Waals surface area (Å²) >= 11 is 0. The lowest BCUT2D eigenvalue weighted by Crippen LogP contribution is -2.54. The maximum Gasteiger partial charge on any atom is 0.333 e. The topological polar surface area (TPSA) is 69.7 Å². The van der Waals surface area contributed by atoms with Crippen LogP contribution in [0.3, 0.4) is 0 Å². The summed E-state index contributed by atoms with van der Waals surface area (Å²) < 4.78 is 9.53. The molecule has 19 heavy (non-hydrogen) atoms. The molecule has 1 heterocycles. The van der Waals surface area contributed by atoms with E-state index in [1.165, 1.54) is 7.11 Å². The monoisotopic (exact) mass is 260 g/mol. The Morgan fingerprint density at radius 1 is 1.05 bits per heavy atom. The van der Waals surface area contributed by atoms with E-state index in [0.717, 1.165) is 0 Å². The van der Waals surface area contributed by atoms with E-state index in [0.29, 0.717) is 5.57 Å². The first-order valence-corrected chi connectivity index (χ1v) is 6.37. The van der Waals surface area contributed by atoms with Crippen molar-refractivity contribution in [2.75, 3.05) is 7.11 Å². The summed E-state index contributed by atoms with van der Waals surface area (Å²) in [5.74, 6) is -1.94. The largest absolute Gasteiger partial charge is 0.466 e. The van der Waals surface area contributed by atoms with Crippen LogP contribution in [0.25, 0.3) is 0 Å². The van der Waals surface area contributed by atoms with E-state index in [-0.39, 0.29) is 35.6 Å². The summed E-state index contributed by atoms with van der Waals surface area (Å²) in [5, 5.41) is 0. The minimum atomic E-state index is -0.441. The molecule has 4 aliphatic carbocycles. The van der Waals surface area contributed by atoms with E-state index in [4.69, 9.17) is 9.47 Å². The van der Waals surface area contributed by atoms with Crippen molar-refractivity contribution in [3.05, 3.63) is 23.8 Å². The highest BCUT2D eigenvalue weighted by atomic mass is 16.6. The summed E-state index contributed by atoms with van der Waals surface area (Å²) in [6.45, 7) is 0. The Hall–Kier alpha value is -1.91. The van der Waals surface area contributed by atoms with Crippen molar-refractivity contribution >= 4 is 17.9 Å². The Bertz CT molecular complexity index is 572. The van der Waals surface area contributed by atoms with Gasteiger partial charge < -0.3 is 9.47 Å². The number of rotatable bonds is 1. The van der Waals surface area contributed by atoms with Crippen LogP contribution in [0.15, 0.2) is 23.8 Å². The van der Waals surface area contributed by atoms with Crippen LogP contribution in [0, 0.1) is 35.5 Å². The quantitative estimate of drug-likeness (QED) is 0.389. The second-order valence-electron chi connectivity index (χ2n) is 5.55. The zero-order valence-corrected chi connectivity index (χ0v) is 10.2. The number of hydrogen-bond acceptors (Lipinski definition) is 5. The van der Waals surface area contributed by atoms with Crippen molar-refractivity contribution in [3.63, 3.8) is 0 Å². The molecule has 1 aliphatic heterocycles. The van der Waals surface area contributed by atoms with Crippen LogP contribution in [0.1, 0.15) is 0 Å². The molecule has 5 aliphatic rings. The van der Waals surface area contributed by atoms with E-state index in [2.05, 4.69) is 0 Å². The lowest BCUT2D eigenvalue weighted by atomic mass is 9.48. The minimum absolute atomic E-state index is 0.00199. The van der Waals surface area contributed by atoms with E-state index >= 15 is 0 Å². The van der Waals surface area contributed by atoms with Crippen LogP contribution in [-0.2, 0) is 23.9 Å². The molecule has 5 rings (SSSR count). The van der Waals surface area contributed by atoms with Crippen molar-refractivity contribution in [3.8, 4) is 0 Å². The number of allylic oxidation sites excluding steroid dienone is 3. The SMILES string of the molecule is COC(=O)C1=C[C@@H]2[C@@H]3C=C[C@@H]([C@H]12)[C@H]1C(=O)OC(=O)[C@H]31. The van der Waals surface area contributed by atoms with Gasteiger partial charge in [0.2, 0.25) is 0 Å². The molecule has 98 valence electrons. The maximum absolute atomic E-state index is 11.8. The van der Waals surface area contributed by atoms with E-state index < -0.39 is 17.9 Å². The van der Waals surface area contributed by atoms with Gasteiger partial charge >= 0.3 is 17.9 Å². The first-order chi connectivity index (χ1) is 9.13. The molecule has 0 unspecified atom stereocenters. The molecule has 5 nitrogen and oxygen atoms in total. The molecule has 0 aromatic rings. The van der Waals surface area contributed by atoms with Gasteiger partial charge in [0.25, 0.3) is 0 Å². The summed E-state index contributed by atoms with van der Waals surface area (Å²) in [5.41, 5.74) is 0.637. The molecular formula is C14H12O5. The second kappa shape index (κ2) is 3.35. The predicted molar refractivity (Wildman–Crippen MR) is 61.3 cm³/mol. The van der Waals surface area contributed by atoms with Crippen LogP contribution in [0.2, 0.25) is 0 Å². The van der Waals surface area contributed by atoms with Gasteiger partial charge in [0.1, 0.15) is 0 Å². The highest BCUT2D eigenvalue weighted by Crippen LogP contribution is 2.60. The molecule has 5 heteroatoms. The van der Waals surface area contributed by atoms with Crippen LogP contribution in [0.5, 0.6) is 0 Å². The Kier molecular flexibility index (Phi) is 1.93. The van der Waals surface area contributed by atoms with Crippen LogP contribution < -0.4 is 0 Å². The van der Waals surface area contributed by atoms with Gasteiger partial charge in [-0.15, -0.1) is 0 Å². The molecule has 0 aromatic heterocycles. The lowest BCUT2D eigenvalue weighted by molar-refractivity contribution is -0.154. The lowest BCUT2D eigenvalue weighted by Gasteiger charge is -2.53. The average Bonchev–Trinajstić information content (AvgIpc) is 2.66. The molecule has 0 aromatic carbocycles. The molecule has 1 saturated heterocycles. The van der Waals surface area contributed by atoms with Gasteiger partial charge in [-0.05, 0) is 17.8 Å². The number of ether oxygens (including phenoxy) is 2. The Morgan fingerprint density at radius 3 is 2.37 bits per heavy atom. The maximum atomic E-state index is 11.8. The van der Waals surface area contributed by atoms with Gasteiger partial charge in [-0.25, -0.2) is 4.79 Å². The number of methoxy groups -OCH3 is 1. The Balaban J connectivity index is 1.76. The second-order valence-corrected chi connectivity index (χ2v) is 5.55. The third kappa shape index (κ3) is 1.13. The highest BCUT2D eigenvalue weighted by molar-refractivity contribution is 5.99. The normalized spacial score (nSPS) is 45.0. The third-order valence-electron chi connectivity index (χ3n) is 4.94. The number of esters is 3. The molecule has 0 radical (unpaired) electrons. The van der Waals surface area contributed by atoms with Crippen molar-refractivity contribution in [2.24, 2.45) is 35.5 Å². The molecular weight excluding hydrogens is 248 g/mol. The van der Waals surface area contributed by atoms with Gasteiger partial charge in [-0.1, -0.05) is 18.2 Å². The van der Waals surface area contributed by atoms with E-state index in [1.54, 1.807) is 0 Å². The zero-order chi connectivity index (χ0) is 13.3. The number of carbonyl (C=O) groups excluding carboxylic acids is 3. The smallest absolute Gasteiger partial charge is 0.333 e. The van der Waals surface area contributed by atoms with Crippen molar-refractivity contribution in [1.29, 1.82) is 0 Å². The van der Waals surface area contributed by atoms with Crippen LogP contribution >= 0.6 is 0 Å². The van der Waals surface area contributed by atoms with Gasteiger partial charge in [-0.3, -0.25) is 9.59 Å². The minimum Gasteiger partial charge on any atom is -0.466 e. The molecule has 6 atom stereocenters.